The van der Waals surface area contributed by atoms with E-state index in [4.69, 9.17) is 4.74 Å². The van der Waals surface area contributed by atoms with Gasteiger partial charge in [-0.15, -0.1) is 0 Å². The van der Waals surface area contributed by atoms with E-state index in [0.29, 0.717) is 17.9 Å². The molecule has 20 heavy (non-hydrogen) atoms. The van der Waals surface area contributed by atoms with Crippen molar-refractivity contribution in [1.29, 1.82) is 0 Å². The van der Waals surface area contributed by atoms with Crippen LogP contribution >= 0.6 is 0 Å². The Hall–Kier alpha value is -2.62. The third-order valence-corrected chi connectivity index (χ3v) is 2.68. The lowest BCUT2D eigenvalue weighted by Crippen LogP contribution is -2.06. The van der Waals surface area contributed by atoms with Crippen LogP contribution in [0.15, 0.2) is 54.6 Å². The van der Waals surface area contributed by atoms with Crippen molar-refractivity contribution in [3.8, 4) is 0 Å². The highest BCUT2D eigenvalue weighted by molar-refractivity contribution is 5.90. The van der Waals surface area contributed by atoms with Crippen molar-refractivity contribution in [3.63, 3.8) is 0 Å². The molecule has 0 unspecified atom stereocenters. The summed E-state index contributed by atoms with van der Waals surface area (Å²) >= 11 is 0. The summed E-state index contributed by atoms with van der Waals surface area (Å²) in [7, 11) is 0. The zero-order valence-corrected chi connectivity index (χ0v) is 11.2. The molecule has 0 amide bonds. The molecule has 2 aromatic rings. The van der Waals surface area contributed by atoms with Gasteiger partial charge in [0.05, 0.1) is 12.2 Å². The quantitative estimate of drug-likeness (QED) is 0.282. The first kappa shape index (κ1) is 13.8. The fraction of sp³-hybridized carbons (Fsp3) is 0.125. The van der Waals surface area contributed by atoms with Crippen LogP contribution in [-0.2, 0) is 4.74 Å². The molecule has 0 aliphatic carbocycles. The number of ether oxygens (including phenoxy) is 1. The molecule has 2 rings (SSSR count). The van der Waals surface area contributed by atoms with Gasteiger partial charge in [0.25, 0.3) is 0 Å². The van der Waals surface area contributed by atoms with Gasteiger partial charge in [-0.25, -0.2) is 4.79 Å². The summed E-state index contributed by atoms with van der Waals surface area (Å²) in [5.74, 6) is -0.428. The SMILES string of the molecule is CCOC(=O)c1cccc(/[N+]([O-])=C/c2ccccc2)c1. The van der Waals surface area contributed by atoms with Crippen LogP contribution in [0.25, 0.3) is 0 Å². The number of benzene rings is 2. The second kappa shape index (κ2) is 6.52. The van der Waals surface area contributed by atoms with E-state index in [1.165, 1.54) is 12.3 Å². The number of esters is 1. The van der Waals surface area contributed by atoms with Crippen molar-refractivity contribution in [3.05, 3.63) is 70.9 Å². The molecule has 4 nitrogen and oxygen atoms in total. The summed E-state index contributed by atoms with van der Waals surface area (Å²) < 4.78 is 5.65. The molecular weight excluding hydrogens is 254 g/mol. The molecule has 0 atom stereocenters. The van der Waals surface area contributed by atoms with Crippen molar-refractivity contribution in [2.75, 3.05) is 6.61 Å². The van der Waals surface area contributed by atoms with Gasteiger partial charge >= 0.3 is 5.97 Å². The van der Waals surface area contributed by atoms with E-state index in [1.807, 2.05) is 30.3 Å². The molecule has 0 N–H and O–H groups in total. The Balaban J connectivity index is 2.27. The zero-order chi connectivity index (χ0) is 14.4. The Morgan fingerprint density at radius 2 is 1.95 bits per heavy atom. The molecule has 102 valence electrons. The highest BCUT2D eigenvalue weighted by Gasteiger charge is 2.10. The molecule has 0 aromatic heterocycles. The third kappa shape index (κ3) is 3.45. The second-order valence-corrected chi connectivity index (χ2v) is 4.14. The lowest BCUT2D eigenvalue weighted by atomic mass is 10.2. The van der Waals surface area contributed by atoms with Crippen LogP contribution in [0.4, 0.5) is 5.69 Å². The van der Waals surface area contributed by atoms with Gasteiger partial charge in [-0.3, -0.25) is 0 Å². The van der Waals surface area contributed by atoms with Crippen LogP contribution in [0.5, 0.6) is 0 Å². The monoisotopic (exact) mass is 269 g/mol. The summed E-state index contributed by atoms with van der Waals surface area (Å²) in [5.41, 5.74) is 1.55. The molecule has 2 aromatic carbocycles. The molecule has 0 heterocycles. The third-order valence-electron chi connectivity index (χ3n) is 2.68. The highest BCUT2D eigenvalue weighted by Crippen LogP contribution is 2.14. The summed E-state index contributed by atoms with van der Waals surface area (Å²) in [5, 5.41) is 12.1. The van der Waals surface area contributed by atoms with Crippen molar-refractivity contribution in [2.45, 2.75) is 6.92 Å². The maximum absolute atomic E-state index is 12.1. The van der Waals surface area contributed by atoms with Crippen LogP contribution in [0.2, 0.25) is 0 Å². The first-order valence-corrected chi connectivity index (χ1v) is 6.34. The van der Waals surface area contributed by atoms with Crippen molar-refractivity contribution < 1.29 is 14.3 Å². The van der Waals surface area contributed by atoms with Gasteiger partial charge in [0.15, 0.2) is 6.21 Å². The Kier molecular flexibility index (Phi) is 4.50. The summed E-state index contributed by atoms with van der Waals surface area (Å²) in [6.07, 6.45) is 1.46. The Morgan fingerprint density at radius 3 is 2.65 bits per heavy atom. The first-order chi connectivity index (χ1) is 9.70. The van der Waals surface area contributed by atoms with Gasteiger partial charge in [-0.2, -0.15) is 4.74 Å². The molecule has 0 spiro atoms. The van der Waals surface area contributed by atoms with Gasteiger partial charge in [-0.1, -0.05) is 24.3 Å². The Labute approximate surface area is 117 Å². The average Bonchev–Trinajstić information content (AvgIpc) is 2.48. The van der Waals surface area contributed by atoms with Gasteiger partial charge in [0.2, 0.25) is 5.69 Å². The largest absolute Gasteiger partial charge is 0.618 e. The van der Waals surface area contributed by atoms with E-state index < -0.39 is 5.97 Å². The number of hydrogen-bond acceptors (Lipinski definition) is 3. The van der Waals surface area contributed by atoms with Crippen LogP contribution < -0.4 is 0 Å². The molecular formula is C16H15NO3. The van der Waals surface area contributed by atoms with E-state index in [0.717, 1.165) is 10.3 Å². The number of carbonyl (C=O) groups is 1. The molecule has 0 fully saturated rings. The normalized spacial score (nSPS) is 11.2. The minimum absolute atomic E-state index is 0.306. The topological polar surface area (TPSA) is 52.4 Å². The van der Waals surface area contributed by atoms with Crippen LogP contribution in [0.1, 0.15) is 22.8 Å². The molecule has 0 bridgehead atoms. The smallest absolute Gasteiger partial charge is 0.338 e. The predicted octanol–water partition coefficient (Wildman–Crippen LogP) is 3.12. The van der Waals surface area contributed by atoms with Gasteiger partial charge in [0, 0.05) is 17.7 Å². The van der Waals surface area contributed by atoms with Crippen molar-refractivity contribution in [1.82, 2.24) is 0 Å². The maximum atomic E-state index is 12.1. The maximum Gasteiger partial charge on any atom is 0.338 e. The number of hydrogen-bond donors (Lipinski definition) is 0. The molecule has 0 saturated carbocycles. The van der Waals surface area contributed by atoms with E-state index >= 15 is 0 Å². The second-order valence-electron chi connectivity index (χ2n) is 4.14. The average molecular weight is 269 g/mol. The molecule has 4 heteroatoms. The fourth-order valence-electron chi connectivity index (χ4n) is 1.73. The van der Waals surface area contributed by atoms with E-state index in [2.05, 4.69) is 0 Å². The van der Waals surface area contributed by atoms with Crippen LogP contribution in [0.3, 0.4) is 0 Å². The molecule has 0 aliphatic rings. The minimum atomic E-state index is -0.428. The number of nitrogens with zero attached hydrogens (tertiary/aromatic N) is 1. The highest BCUT2D eigenvalue weighted by atomic mass is 16.5. The standard InChI is InChI=1S/C16H15NO3/c1-2-20-16(18)14-9-6-10-15(11-14)17(19)12-13-7-4-3-5-8-13/h3-12H,2H2,1H3/b17-12-. The lowest BCUT2D eigenvalue weighted by Gasteiger charge is -2.05. The predicted molar refractivity (Wildman–Crippen MR) is 77.3 cm³/mol. The van der Waals surface area contributed by atoms with E-state index in [1.54, 1.807) is 25.1 Å². The molecule has 0 aliphatic heterocycles. The van der Waals surface area contributed by atoms with E-state index in [-0.39, 0.29) is 0 Å². The van der Waals surface area contributed by atoms with Crippen LogP contribution in [0, 0.1) is 5.21 Å². The number of carbonyl (C=O) groups excluding carboxylic acids is 1. The Morgan fingerprint density at radius 1 is 1.20 bits per heavy atom. The van der Waals surface area contributed by atoms with E-state index in [9.17, 15) is 10.0 Å². The van der Waals surface area contributed by atoms with Gasteiger partial charge in [0.1, 0.15) is 0 Å². The summed E-state index contributed by atoms with van der Waals surface area (Å²) in [6.45, 7) is 2.05. The molecule has 0 saturated heterocycles. The first-order valence-electron chi connectivity index (χ1n) is 6.34. The Bertz CT molecular complexity index is 621. The van der Waals surface area contributed by atoms with Gasteiger partial charge < -0.3 is 9.94 Å². The van der Waals surface area contributed by atoms with Crippen molar-refractivity contribution >= 4 is 17.9 Å². The summed E-state index contributed by atoms with van der Waals surface area (Å²) in [4.78, 5) is 11.6. The molecule has 0 radical (unpaired) electrons. The summed E-state index contributed by atoms with van der Waals surface area (Å²) in [6, 6.07) is 15.7. The zero-order valence-electron chi connectivity index (χ0n) is 11.2. The van der Waals surface area contributed by atoms with Crippen molar-refractivity contribution in [2.24, 2.45) is 0 Å². The fourth-order valence-corrected chi connectivity index (χ4v) is 1.73. The lowest BCUT2D eigenvalue weighted by molar-refractivity contribution is -0.354. The minimum Gasteiger partial charge on any atom is -0.618 e. The number of rotatable bonds is 4. The van der Waals surface area contributed by atoms with Gasteiger partial charge in [-0.05, 0) is 25.1 Å². The van der Waals surface area contributed by atoms with Crippen LogP contribution in [-0.4, -0.2) is 23.5 Å².